The van der Waals surface area contributed by atoms with Gasteiger partial charge in [0.05, 0.1) is 11.9 Å². The molecule has 0 aliphatic heterocycles. The van der Waals surface area contributed by atoms with Crippen LogP contribution >= 0.6 is 0 Å². The van der Waals surface area contributed by atoms with Crippen LogP contribution in [0.2, 0.25) is 0 Å². The number of rotatable bonds is 4. The van der Waals surface area contributed by atoms with Crippen LogP contribution in [-0.2, 0) is 4.79 Å². The maximum absolute atomic E-state index is 12.8. The number of carbonyl (C=O) groups is 1. The number of hydrogen-bond acceptors (Lipinski definition) is 3. The van der Waals surface area contributed by atoms with Gasteiger partial charge in [-0.25, -0.2) is 4.39 Å². The maximum atomic E-state index is 12.8. The molecule has 5 nitrogen and oxygen atoms in total. The summed E-state index contributed by atoms with van der Waals surface area (Å²) in [5, 5.41) is 11.0. The van der Waals surface area contributed by atoms with Gasteiger partial charge in [0, 0.05) is 11.8 Å². The van der Waals surface area contributed by atoms with E-state index in [1.807, 2.05) is 30.3 Å². The van der Waals surface area contributed by atoms with Crippen molar-refractivity contribution in [2.24, 2.45) is 0 Å². The standard InChI is InChI=1S/C17H13FN4O/c18-13-6-8-14(9-7-13)20-17(23)11-10-15-12-19-22(21-15)16-4-2-1-3-5-16/h1-12H,(H,20,23). The molecule has 1 aromatic heterocycles. The summed E-state index contributed by atoms with van der Waals surface area (Å²) in [6.07, 6.45) is 4.47. The highest BCUT2D eigenvalue weighted by Gasteiger charge is 2.01. The van der Waals surface area contributed by atoms with E-state index >= 15 is 0 Å². The fourth-order valence-corrected chi connectivity index (χ4v) is 1.92. The Kier molecular flexibility index (Phi) is 4.24. The van der Waals surface area contributed by atoms with Crippen LogP contribution < -0.4 is 5.32 Å². The Morgan fingerprint density at radius 3 is 2.57 bits per heavy atom. The van der Waals surface area contributed by atoms with Crippen molar-refractivity contribution in [3.63, 3.8) is 0 Å². The van der Waals surface area contributed by atoms with Gasteiger partial charge in [0.15, 0.2) is 0 Å². The van der Waals surface area contributed by atoms with E-state index in [9.17, 15) is 9.18 Å². The van der Waals surface area contributed by atoms with Crippen LogP contribution in [-0.4, -0.2) is 20.9 Å². The van der Waals surface area contributed by atoms with Gasteiger partial charge in [-0.15, -0.1) is 5.10 Å². The van der Waals surface area contributed by atoms with Crippen molar-refractivity contribution >= 4 is 17.7 Å². The van der Waals surface area contributed by atoms with E-state index in [0.717, 1.165) is 5.69 Å². The number of halogens is 1. The molecule has 23 heavy (non-hydrogen) atoms. The van der Waals surface area contributed by atoms with Crippen molar-refractivity contribution in [3.05, 3.63) is 78.4 Å². The number of hydrogen-bond donors (Lipinski definition) is 1. The van der Waals surface area contributed by atoms with E-state index in [2.05, 4.69) is 15.5 Å². The lowest BCUT2D eigenvalue weighted by atomic mass is 10.3. The molecule has 0 radical (unpaired) electrons. The number of carbonyl (C=O) groups excluding carboxylic acids is 1. The molecule has 0 saturated heterocycles. The first-order valence-electron chi connectivity index (χ1n) is 6.93. The fourth-order valence-electron chi connectivity index (χ4n) is 1.92. The van der Waals surface area contributed by atoms with Crippen molar-refractivity contribution in [2.45, 2.75) is 0 Å². The number of nitrogens with zero attached hydrogens (tertiary/aromatic N) is 3. The summed E-state index contributed by atoms with van der Waals surface area (Å²) in [5.74, 6) is -0.679. The van der Waals surface area contributed by atoms with Crippen LogP contribution in [0.3, 0.4) is 0 Å². The molecular formula is C17H13FN4O. The van der Waals surface area contributed by atoms with Crippen molar-refractivity contribution in [1.29, 1.82) is 0 Å². The molecule has 2 aromatic carbocycles. The number of amides is 1. The average Bonchev–Trinajstić information content (AvgIpc) is 3.05. The monoisotopic (exact) mass is 308 g/mol. The summed E-state index contributed by atoms with van der Waals surface area (Å²) < 4.78 is 12.8. The smallest absolute Gasteiger partial charge is 0.248 e. The van der Waals surface area contributed by atoms with E-state index in [-0.39, 0.29) is 11.7 Å². The van der Waals surface area contributed by atoms with E-state index in [1.54, 1.807) is 12.3 Å². The molecule has 0 unspecified atom stereocenters. The van der Waals surface area contributed by atoms with Crippen LogP contribution in [0.25, 0.3) is 11.8 Å². The molecule has 0 aliphatic carbocycles. The molecule has 0 spiro atoms. The van der Waals surface area contributed by atoms with E-state index in [0.29, 0.717) is 11.4 Å². The highest BCUT2D eigenvalue weighted by atomic mass is 19.1. The summed E-state index contributed by atoms with van der Waals surface area (Å²) in [6, 6.07) is 15.0. The molecule has 0 aliphatic rings. The summed E-state index contributed by atoms with van der Waals surface area (Å²) in [6.45, 7) is 0. The first kappa shape index (κ1) is 14.6. The third-order valence-corrected chi connectivity index (χ3v) is 3.01. The van der Waals surface area contributed by atoms with Crippen molar-refractivity contribution in [1.82, 2.24) is 15.0 Å². The van der Waals surface area contributed by atoms with E-state index in [4.69, 9.17) is 0 Å². The van der Waals surface area contributed by atoms with Gasteiger partial charge in [0.25, 0.3) is 0 Å². The van der Waals surface area contributed by atoms with Gasteiger partial charge in [0.1, 0.15) is 11.5 Å². The fraction of sp³-hybridized carbons (Fsp3) is 0. The van der Waals surface area contributed by atoms with Crippen LogP contribution in [0.4, 0.5) is 10.1 Å². The number of anilines is 1. The highest BCUT2D eigenvalue weighted by Crippen LogP contribution is 2.09. The second-order valence-corrected chi connectivity index (χ2v) is 4.72. The zero-order valence-electron chi connectivity index (χ0n) is 12.1. The Hall–Kier alpha value is -3.28. The predicted octanol–water partition coefficient (Wildman–Crippen LogP) is 3.06. The zero-order valence-corrected chi connectivity index (χ0v) is 12.1. The summed E-state index contributed by atoms with van der Waals surface area (Å²) in [4.78, 5) is 13.3. The number of nitrogens with one attached hydrogen (secondary N) is 1. The van der Waals surface area contributed by atoms with Gasteiger partial charge in [-0.05, 0) is 42.5 Å². The van der Waals surface area contributed by atoms with Gasteiger partial charge in [-0.2, -0.15) is 9.90 Å². The topological polar surface area (TPSA) is 59.8 Å². The van der Waals surface area contributed by atoms with E-state index < -0.39 is 0 Å². The number of benzene rings is 2. The Labute approximate surface area is 132 Å². The molecule has 3 rings (SSSR count). The molecular weight excluding hydrogens is 295 g/mol. The Morgan fingerprint density at radius 2 is 1.83 bits per heavy atom. The molecule has 1 N–H and O–H groups in total. The predicted molar refractivity (Wildman–Crippen MR) is 85.4 cm³/mol. The SMILES string of the molecule is O=C(C=Cc1cnn(-c2ccccc2)n1)Nc1ccc(F)cc1. The number of para-hydroxylation sites is 1. The Bertz CT molecular complexity index is 825. The molecule has 0 saturated carbocycles. The average molecular weight is 308 g/mol. The summed E-state index contributed by atoms with van der Waals surface area (Å²) in [5.41, 5.74) is 1.92. The molecule has 1 amide bonds. The second-order valence-electron chi connectivity index (χ2n) is 4.72. The third kappa shape index (κ3) is 3.88. The maximum Gasteiger partial charge on any atom is 0.248 e. The lowest BCUT2D eigenvalue weighted by Crippen LogP contribution is -2.07. The van der Waals surface area contributed by atoms with Gasteiger partial charge in [-0.1, -0.05) is 18.2 Å². The minimum absolute atomic E-state index is 0.328. The molecule has 0 atom stereocenters. The number of aromatic nitrogens is 3. The molecule has 114 valence electrons. The summed E-state index contributed by atoms with van der Waals surface area (Å²) >= 11 is 0. The minimum Gasteiger partial charge on any atom is -0.323 e. The van der Waals surface area contributed by atoms with Crippen molar-refractivity contribution in [3.8, 4) is 5.69 Å². The third-order valence-electron chi connectivity index (χ3n) is 3.01. The largest absolute Gasteiger partial charge is 0.323 e. The van der Waals surface area contributed by atoms with Crippen molar-refractivity contribution < 1.29 is 9.18 Å². The van der Waals surface area contributed by atoms with Crippen LogP contribution in [0.1, 0.15) is 5.69 Å². The normalized spacial score (nSPS) is 10.8. The first-order chi connectivity index (χ1) is 11.2. The molecule has 3 aromatic rings. The highest BCUT2D eigenvalue weighted by molar-refractivity contribution is 6.01. The van der Waals surface area contributed by atoms with Gasteiger partial charge >= 0.3 is 0 Å². The molecule has 1 heterocycles. The van der Waals surface area contributed by atoms with Crippen LogP contribution in [0.15, 0.2) is 66.9 Å². The lowest BCUT2D eigenvalue weighted by Gasteiger charge is -2.00. The lowest BCUT2D eigenvalue weighted by molar-refractivity contribution is -0.111. The van der Waals surface area contributed by atoms with Crippen LogP contribution in [0.5, 0.6) is 0 Å². The molecule has 6 heteroatoms. The minimum atomic E-state index is -0.351. The quantitative estimate of drug-likeness (QED) is 0.754. The van der Waals surface area contributed by atoms with Gasteiger partial charge in [0.2, 0.25) is 5.91 Å². The molecule has 0 fully saturated rings. The van der Waals surface area contributed by atoms with Gasteiger partial charge in [-0.3, -0.25) is 4.79 Å². The summed E-state index contributed by atoms with van der Waals surface area (Å²) in [7, 11) is 0. The van der Waals surface area contributed by atoms with Gasteiger partial charge < -0.3 is 5.32 Å². The second kappa shape index (κ2) is 6.65. The van der Waals surface area contributed by atoms with Crippen molar-refractivity contribution in [2.75, 3.05) is 5.32 Å². The first-order valence-corrected chi connectivity index (χ1v) is 6.93. The molecule has 0 bridgehead atoms. The zero-order chi connectivity index (χ0) is 16.1. The van der Waals surface area contributed by atoms with E-state index in [1.165, 1.54) is 35.1 Å². The Balaban J connectivity index is 1.65. The Morgan fingerprint density at radius 1 is 1.09 bits per heavy atom. The van der Waals surface area contributed by atoms with Crippen LogP contribution in [0, 0.1) is 5.82 Å².